The van der Waals surface area contributed by atoms with Gasteiger partial charge < -0.3 is 18.9 Å². The number of nitrogens with zero attached hydrogens (tertiary/aromatic N) is 3. The SMILES string of the molecule is COCCCN1CCC(c2noc(-c3cc(Cl)cc4c3OC(N)C4)n2)CC1. The molecule has 0 spiro atoms. The zero-order valence-electron chi connectivity index (χ0n) is 15.5. The Morgan fingerprint density at radius 2 is 2.15 bits per heavy atom. The first-order valence-electron chi connectivity index (χ1n) is 9.44. The molecule has 2 N–H and O–H groups in total. The van der Waals surface area contributed by atoms with Gasteiger partial charge in [0.2, 0.25) is 0 Å². The molecule has 0 aliphatic carbocycles. The zero-order valence-corrected chi connectivity index (χ0v) is 16.2. The van der Waals surface area contributed by atoms with E-state index in [0.717, 1.165) is 62.5 Å². The molecule has 2 aliphatic rings. The minimum absolute atomic E-state index is 0.316. The number of hydrogen-bond donors (Lipinski definition) is 1. The van der Waals surface area contributed by atoms with Crippen molar-refractivity contribution in [3.63, 3.8) is 0 Å². The third-order valence-corrected chi connectivity index (χ3v) is 5.49. The minimum atomic E-state index is -0.359. The van der Waals surface area contributed by atoms with E-state index in [9.17, 15) is 0 Å². The van der Waals surface area contributed by atoms with E-state index in [1.54, 1.807) is 13.2 Å². The first-order valence-corrected chi connectivity index (χ1v) is 9.81. The number of likely N-dealkylation sites (tertiary alicyclic amines) is 1. The lowest BCUT2D eigenvalue weighted by molar-refractivity contribution is 0.156. The summed E-state index contributed by atoms with van der Waals surface area (Å²) < 4.78 is 16.4. The number of piperidine rings is 1. The number of hydrogen-bond acceptors (Lipinski definition) is 7. The maximum absolute atomic E-state index is 6.25. The number of methoxy groups -OCH3 is 1. The van der Waals surface area contributed by atoms with Crippen LogP contribution in [0.4, 0.5) is 0 Å². The molecule has 0 bridgehead atoms. The Morgan fingerprint density at radius 3 is 2.93 bits per heavy atom. The summed E-state index contributed by atoms with van der Waals surface area (Å²) in [6, 6.07) is 3.68. The predicted molar refractivity (Wildman–Crippen MR) is 102 cm³/mol. The Bertz CT molecular complexity index is 789. The first kappa shape index (κ1) is 18.7. The molecule has 3 heterocycles. The molecule has 146 valence electrons. The van der Waals surface area contributed by atoms with Crippen molar-refractivity contribution in [1.29, 1.82) is 0 Å². The van der Waals surface area contributed by atoms with Crippen molar-refractivity contribution in [3.8, 4) is 17.2 Å². The van der Waals surface area contributed by atoms with E-state index in [2.05, 4.69) is 15.0 Å². The molecule has 7 nitrogen and oxygen atoms in total. The number of halogens is 1. The number of fused-ring (bicyclic) bond motifs is 1. The van der Waals surface area contributed by atoms with Crippen molar-refractivity contribution in [2.45, 2.75) is 37.8 Å². The van der Waals surface area contributed by atoms with Crippen molar-refractivity contribution < 1.29 is 14.0 Å². The minimum Gasteiger partial charge on any atom is -0.474 e. The van der Waals surface area contributed by atoms with Gasteiger partial charge in [0.05, 0.1) is 5.56 Å². The van der Waals surface area contributed by atoms with Gasteiger partial charge in [-0.15, -0.1) is 0 Å². The van der Waals surface area contributed by atoms with Gasteiger partial charge in [-0.1, -0.05) is 16.8 Å². The number of rotatable bonds is 6. The van der Waals surface area contributed by atoms with Crippen LogP contribution in [-0.2, 0) is 11.2 Å². The molecule has 2 aliphatic heterocycles. The monoisotopic (exact) mass is 392 g/mol. The van der Waals surface area contributed by atoms with E-state index in [4.69, 9.17) is 31.3 Å². The Hall–Kier alpha value is -1.67. The zero-order chi connectivity index (χ0) is 18.8. The van der Waals surface area contributed by atoms with Crippen LogP contribution in [0.25, 0.3) is 11.5 Å². The third kappa shape index (κ3) is 4.11. The first-order chi connectivity index (χ1) is 13.1. The molecule has 0 radical (unpaired) electrons. The van der Waals surface area contributed by atoms with Gasteiger partial charge in [-0.25, -0.2) is 0 Å². The molecular formula is C19H25ClN4O3. The quantitative estimate of drug-likeness (QED) is 0.756. The van der Waals surface area contributed by atoms with Crippen LogP contribution in [0, 0.1) is 0 Å². The fourth-order valence-corrected chi connectivity index (χ4v) is 4.11. The number of ether oxygens (including phenoxy) is 2. The second-order valence-electron chi connectivity index (χ2n) is 7.22. The fourth-order valence-electron chi connectivity index (χ4n) is 3.87. The molecule has 8 heteroatoms. The van der Waals surface area contributed by atoms with Crippen LogP contribution in [0.2, 0.25) is 5.02 Å². The summed E-state index contributed by atoms with van der Waals surface area (Å²) in [4.78, 5) is 7.12. The van der Waals surface area contributed by atoms with Crippen molar-refractivity contribution in [1.82, 2.24) is 15.0 Å². The number of aromatic nitrogens is 2. The largest absolute Gasteiger partial charge is 0.474 e. The lowest BCUT2D eigenvalue weighted by atomic mass is 9.96. The standard InChI is InChI=1S/C19H25ClN4O3/c1-25-8-2-5-24-6-3-12(4-7-24)18-22-19(27-23-18)15-11-14(20)9-13-10-16(21)26-17(13)15/h9,11-12,16H,2-8,10,21H2,1H3. The average molecular weight is 393 g/mol. The van der Waals surface area contributed by atoms with E-state index < -0.39 is 0 Å². The predicted octanol–water partition coefficient (Wildman–Crippen LogP) is 2.83. The normalized spacial score (nSPS) is 20.6. The average Bonchev–Trinajstić information content (AvgIpc) is 3.28. The van der Waals surface area contributed by atoms with Crippen LogP contribution in [0.5, 0.6) is 5.75 Å². The second-order valence-corrected chi connectivity index (χ2v) is 7.66. The lowest BCUT2D eigenvalue weighted by Gasteiger charge is -2.30. The number of benzene rings is 1. The second kappa shape index (κ2) is 8.14. The third-order valence-electron chi connectivity index (χ3n) is 5.27. The summed E-state index contributed by atoms with van der Waals surface area (Å²) in [5.74, 6) is 2.23. The maximum Gasteiger partial charge on any atom is 0.261 e. The Morgan fingerprint density at radius 1 is 1.33 bits per heavy atom. The van der Waals surface area contributed by atoms with Crippen molar-refractivity contribution in [2.24, 2.45) is 5.73 Å². The van der Waals surface area contributed by atoms with E-state index in [1.807, 2.05) is 6.07 Å². The summed E-state index contributed by atoms with van der Waals surface area (Å²) in [7, 11) is 1.74. The van der Waals surface area contributed by atoms with Crippen LogP contribution in [0.1, 0.15) is 36.6 Å². The van der Waals surface area contributed by atoms with Crippen molar-refractivity contribution >= 4 is 11.6 Å². The summed E-state index contributed by atoms with van der Waals surface area (Å²) >= 11 is 6.25. The summed E-state index contributed by atoms with van der Waals surface area (Å²) in [5.41, 5.74) is 7.62. The van der Waals surface area contributed by atoms with Crippen LogP contribution >= 0.6 is 11.6 Å². The number of nitrogens with two attached hydrogens (primary N) is 1. The van der Waals surface area contributed by atoms with Gasteiger partial charge in [-0.2, -0.15) is 4.98 Å². The van der Waals surface area contributed by atoms with Crippen molar-refractivity contribution in [3.05, 3.63) is 28.5 Å². The Kier molecular flexibility index (Phi) is 5.63. The molecule has 1 aromatic carbocycles. The topological polar surface area (TPSA) is 86.6 Å². The van der Waals surface area contributed by atoms with Gasteiger partial charge >= 0.3 is 0 Å². The molecule has 1 atom stereocenters. The lowest BCUT2D eigenvalue weighted by Crippen LogP contribution is -2.34. The highest BCUT2D eigenvalue weighted by Gasteiger charge is 2.29. The Labute approximate surface area is 163 Å². The van der Waals surface area contributed by atoms with Gasteiger partial charge in [0.25, 0.3) is 5.89 Å². The van der Waals surface area contributed by atoms with E-state index in [0.29, 0.717) is 29.0 Å². The van der Waals surface area contributed by atoms with E-state index in [-0.39, 0.29) is 6.23 Å². The van der Waals surface area contributed by atoms with Gasteiger partial charge in [-0.3, -0.25) is 5.73 Å². The van der Waals surface area contributed by atoms with E-state index in [1.165, 1.54) is 0 Å². The molecule has 2 aromatic rings. The summed E-state index contributed by atoms with van der Waals surface area (Å²) in [5, 5.41) is 4.85. The van der Waals surface area contributed by atoms with Gasteiger partial charge in [0.15, 0.2) is 12.1 Å². The summed E-state index contributed by atoms with van der Waals surface area (Å²) in [6.07, 6.45) is 3.39. The Balaban J connectivity index is 1.45. The van der Waals surface area contributed by atoms with Crippen LogP contribution < -0.4 is 10.5 Å². The van der Waals surface area contributed by atoms with E-state index >= 15 is 0 Å². The van der Waals surface area contributed by atoms with Crippen LogP contribution in [0.3, 0.4) is 0 Å². The van der Waals surface area contributed by atoms with Crippen LogP contribution in [0.15, 0.2) is 16.7 Å². The maximum atomic E-state index is 6.25. The fraction of sp³-hybridized carbons (Fsp3) is 0.579. The van der Waals surface area contributed by atoms with Gasteiger partial charge in [0, 0.05) is 43.2 Å². The molecule has 0 saturated carbocycles. The van der Waals surface area contributed by atoms with Gasteiger partial charge in [-0.05, 0) is 44.5 Å². The molecule has 1 aromatic heterocycles. The summed E-state index contributed by atoms with van der Waals surface area (Å²) in [6.45, 7) is 3.97. The molecule has 4 rings (SSSR count). The molecule has 0 amide bonds. The molecule has 1 saturated heterocycles. The molecular weight excluding hydrogens is 368 g/mol. The van der Waals surface area contributed by atoms with Gasteiger partial charge in [0.1, 0.15) is 5.75 Å². The molecule has 1 unspecified atom stereocenters. The van der Waals surface area contributed by atoms with Crippen LogP contribution in [-0.4, -0.2) is 54.6 Å². The smallest absolute Gasteiger partial charge is 0.261 e. The highest BCUT2D eigenvalue weighted by molar-refractivity contribution is 6.31. The van der Waals surface area contributed by atoms with Crippen molar-refractivity contribution in [2.75, 3.05) is 33.4 Å². The highest BCUT2D eigenvalue weighted by atomic mass is 35.5. The highest BCUT2D eigenvalue weighted by Crippen LogP contribution is 2.40. The molecule has 1 fully saturated rings. The molecule has 27 heavy (non-hydrogen) atoms.